The molecule has 0 amide bonds. The lowest BCUT2D eigenvalue weighted by Crippen LogP contribution is -2.30. The van der Waals surface area contributed by atoms with Gasteiger partial charge in [-0.3, -0.25) is 0 Å². The number of halogens is 2. The van der Waals surface area contributed by atoms with Gasteiger partial charge in [-0.1, -0.05) is 0 Å². The Kier molecular flexibility index (Phi) is 5.85. The van der Waals surface area contributed by atoms with E-state index in [2.05, 4.69) is 24.9 Å². The van der Waals surface area contributed by atoms with Crippen LogP contribution in [0.3, 0.4) is 0 Å². The number of nitrogens with one attached hydrogen (secondary N) is 2. The first-order chi connectivity index (χ1) is 12.8. The fourth-order valence-electron chi connectivity index (χ4n) is 2.87. The van der Waals surface area contributed by atoms with Crippen LogP contribution in [-0.4, -0.2) is 44.6 Å². The van der Waals surface area contributed by atoms with Gasteiger partial charge >= 0.3 is 0 Å². The molecule has 1 saturated heterocycles. The molecule has 2 N–H and O–H groups in total. The third-order valence-corrected chi connectivity index (χ3v) is 5.65. The summed E-state index contributed by atoms with van der Waals surface area (Å²) in [6.07, 6.45) is 2.26. The van der Waals surface area contributed by atoms with Crippen LogP contribution in [-0.2, 0) is 10.0 Å². The molecule has 3 rings (SSSR count). The van der Waals surface area contributed by atoms with Crippen molar-refractivity contribution in [2.24, 2.45) is 0 Å². The number of rotatable bonds is 7. The first kappa shape index (κ1) is 19.4. The minimum absolute atomic E-state index is 0.00446. The molecule has 1 aromatic carbocycles. The molecule has 1 fully saturated rings. The molecule has 0 spiro atoms. The average Bonchev–Trinajstić information content (AvgIpc) is 3.12. The predicted octanol–water partition coefficient (Wildman–Crippen LogP) is 2.05. The second-order valence-corrected chi connectivity index (χ2v) is 8.02. The number of nitrogens with zero attached hydrogens (tertiary/aromatic N) is 3. The van der Waals surface area contributed by atoms with E-state index in [1.165, 1.54) is 0 Å². The van der Waals surface area contributed by atoms with Crippen molar-refractivity contribution in [3.63, 3.8) is 0 Å². The molecule has 146 valence electrons. The van der Waals surface area contributed by atoms with E-state index < -0.39 is 26.6 Å². The molecule has 1 aliphatic rings. The normalized spacial score (nSPS) is 14.6. The summed E-state index contributed by atoms with van der Waals surface area (Å²) in [7, 11) is -4.07. The summed E-state index contributed by atoms with van der Waals surface area (Å²) in [5.41, 5.74) is 0.809. The maximum atomic E-state index is 13.7. The van der Waals surface area contributed by atoms with Gasteiger partial charge in [-0.25, -0.2) is 26.9 Å². The Hall–Kier alpha value is -2.33. The van der Waals surface area contributed by atoms with E-state index in [1.807, 2.05) is 13.0 Å². The number of hydrogen-bond acceptors (Lipinski definition) is 6. The van der Waals surface area contributed by atoms with Crippen LogP contribution in [0.4, 0.5) is 20.5 Å². The molecule has 1 aliphatic heterocycles. The Labute approximate surface area is 156 Å². The van der Waals surface area contributed by atoms with Crippen LogP contribution in [0.25, 0.3) is 0 Å². The molecule has 1 aromatic heterocycles. The Balaban J connectivity index is 1.58. The van der Waals surface area contributed by atoms with E-state index in [4.69, 9.17) is 0 Å². The molecule has 27 heavy (non-hydrogen) atoms. The highest BCUT2D eigenvalue weighted by Gasteiger charge is 2.19. The minimum atomic E-state index is -4.07. The summed E-state index contributed by atoms with van der Waals surface area (Å²) in [4.78, 5) is 10.3. The van der Waals surface area contributed by atoms with E-state index in [0.717, 1.165) is 49.6 Å². The summed E-state index contributed by atoms with van der Waals surface area (Å²) < 4.78 is 53.1. The highest BCUT2D eigenvalue weighted by molar-refractivity contribution is 7.89. The molecule has 0 aliphatic carbocycles. The maximum Gasteiger partial charge on any atom is 0.243 e. The van der Waals surface area contributed by atoms with Crippen LogP contribution in [0.1, 0.15) is 18.5 Å². The zero-order valence-corrected chi connectivity index (χ0v) is 15.7. The van der Waals surface area contributed by atoms with Crippen molar-refractivity contribution in [3.05, 3.63) is 41.6 Å². The monoisotopic (exact) mass is 397 g/mol. The first-order valence-corrected chi connectivity index (χ1v) is 10.1. The second kappa shape index (κ2) is 8.13. The van der Waals surface area contributed by atoms with Crippen LogP contribution in [0, 0.1) is 18.6 Å². The van der Waals surface area contributed by atoms with Crippen LogP contribution < -0.4 is 14.9 Å². The summed E-state index contributed by atoms with van der Waals surface area (Å²) in [5.74, 6) is -0.716. The lowest BCUT2D eigenvalue weighted by atomic mass is 10.3. The number of aryl methyl sites for hydroxylation is 1. The molecule has 10 heteroatoms. The highest BCUT2D eigenvalue weighted by atomic mass is 32.2. The predicted molar refractivity (Wildman–Crippen MR) is 98.3 cm³/mol. The van der Waals surface area contributed by atoms with Crippen molar-refractivity contribution in [3.8, 4) is 0 Å². The van der Waals surface area contributed by atoms with Gasteiger partial charge in [0.2, 0.25) is 16.0 Å². The Morgan fingerprint density at radius 2 is 1.85 bits per heavy atom. The standard InChI is InChI=1S/C17H21F2N5O2S/c1-12-10-16(24-8-2-3-9-24)23-17(22-12)20-6-7-21-27(25,26)15-5-4-13(18)11-14(15)19/h4-5,10-11,21H,2-3,6-9H2,1H3,(H,20,22,23). The van der Waals surface area contributed by atoms with Crippen LogP contribution in [0.2, 0.25) is 0 Å². The van der Waals surface area contributed by atoms with Gasteiger partial charge in [0.25, 0.3) is 0 Å². The number of sulfonamides is 1. The number of aromatic nitrogens is 2. The first-order valence-electron chi connectivity index (χ1n) is 8.64. The van der Waals surface area contributed by atoms with Crippen molar-refractivity contribution in [1.82, 2.24) is 14.7 Å². The Bertz CT molecular complexity index is 918. The molecule has 0 bridgehead atoms. The maximum absolute atomic E-state index is 13.7. The molecule has 2 aromatic rings. The fourth-order valence-corrected chi connectivity index (χ4v) is 3.96. The van der Waals surface area contributed by atoms with Crippen molar-refractivity contribution in [2.45, 2.75) is 24.7 Å². The van der Waals surface area contributed by atoms with Crippen molar-refractivity contribution >= 4 is 21.8 Å². The second-order valence-electron chi connectivity index (χ2n) is 6.28. The van der Waals surface area contributed by atoms with Crippen LogP contribution in [0.5, 0.6) is 0 Å². The third kappa shape index (κ3) is 4.89. The Morgan fingerprint density at radius 3 is 2.56 bits per heavy atom. The summed E-state index contributed by atoms with van der Waals surface area (Å²) in [6.45, 7) is 3.99. The van der Waals surface area contributed by atoms with Gasteiger partial charge in [0.05, 0.1) is 0 Å². The fraction of sp³-hybridized carbons (Fsp3) is 0.412. The van der Waals surface area contributed by atoms with E-state index in [1.54, 1.807) is 0 Å². The topological polar surface area (TPSA) is 87.2 Å². The summed E-state index contributed by atoms with van der Waals surface area (Å²) in [5, 5.41) is 2.97. The molecule has 0 atom stereocenters. The lowest BCUT2D eigenvalue weighted by molar-refractivity contribution is 0.543. The average molecular weight is 397 g/mol. The van der Waals surface area contributed by atoms with Gasteiger partial charge in [-0.15, -0.1) is 0 Å². The largest absolute Gasteiger partial charge is 0.356 e. The summed E-state index contributed by atoms with van der Waals surface area (Å²) in [6, 6.07) is 4.24. The van der Waals surface area contributed by atoms with E-state index >= 15 is 0 Å². The number of hydrogen-bond donors (Lipinski definition) is 2. The SMILES string of the molecule is Cc1cc(N2CCCC2)nc(NCCNS(=O)(=O)c2ccc(F)cc2F)n1. The molecule has 0 unspecified atom stereocenters. The van der Waals surface area contributed by atoms with Gasteiger partial charge < -0.3 is 10.2 Å². The van der Waals surface area contributed by atoms with Crippen molar-refractivity contribution in [1.29, 1.82) is 0 Å². The van der Waals surface area contributed by atoms with Gasteiger partial charge in [0, 0.05) is 44.0 Å². The smallest absolute Gasteiger partial charge is 0.243 e. The Morgan fingerprint density at radius 1 is 1.11 bits per heavy atom. The van der Waals surface area contributed by atoms with E-state index in [9.17, 15) is 17.2 Å². The van der Waals surface area contributed by atoms with Crippen molar-refractivity contribution in [2.75, 3.05) is 36.4 Å². The zero-order chi connectivity index (χ0) is 19.4. The third-order valence-electron chi connectivity index (χ3n) is 4.15. The van der Waals surface area contributed by atoms with E-state index in [0.29, 0.717) is 12.0 Å². The van der Waals surface area contributed by atoms with Crippen LogP contribution in [0.15, 0.2) is 29.2 Å². The van der Waals surface area contributed by atoms with Gasteiger partial charge in [-0.2, -0.15) is 4.98 Å². The minimum Gasteiger partial charge on any atom is -0.356 e. The lowest BCUT2D eigenvalue weighted by Gasteiger charge is -2.17. The molecule has 0 radical (unpaired) electrons. The number of anilines is 2. The molecule has 0 saturated carbocycles. The molecule has 7 nitrogen and oxygen atoms in total. The summed E-state index contributed by atoms with van der Waals surface area (Å²) >= 11 is 0. The highest BCUT2D eigenvalue weighted by Crippen LogP contribution is 2.20. The van der Waals surface area contributed by atoms with Crippen LogP contribution >= 0.6 is 0 Å². The van der Waals surface area contributed by atoms with Gasteiger partial charge in [0.15, 0.2) is 0 Å². The number of benzene rings is 1. The van der Waals surface area contributed by atoms with E-state index in [-0.39, 0.29) is 13.1 Å². The molecular formula is C17H21F2N5O2S. The van der Waals surface area contributed by atoms with Gasteiger partial charge in [-0.05, 0) is 31.9 Å². The molecule has 2 heterocycles. The zero-order valence-electron chi connectivity index (χ0n) is 14.9. The molecular weight excluding hydrogens is 376 g/mol. The quantitative estimate of drug-likeness (QED) is 0.696. The van der Waals surface area contributed by atoms with Gasteiger partial charge in [0.1, 0.15) is 22.3 Å². The van der Waals surface area contributed by atoms with Crippen molar-refractivity contribution < 1.29 is 17.2 Å².